The van der Waals surface area contributed by atoms with Crippen LogP contribution in [0.25, 0.3) is 6.08 Å². The first-order chi connectivity index (χ1) is 11.7. The molecule has 1 aliphatic heterocycles. The summed E-state index contributed by atoms with van der Waals surface area (Å²) in [6.45, 7) is 4.12. The molecule has 3 rings (SSSR count). The standard InChI is InChI=1S/C19H21NO2S2/c1-2-12-22-16-10-8-14(9-11-16)13-17-18(21)20(19(23)24-17)15-6-4-3-5-7-15/h2,8-11,13,15H,1,3-7,12H2/b17-13-. The lowest BCUT2D eigenvalue weighted by atomic mass is 9.94. The van der Waals surface area contributed by atoms with Crippen molar-refractivity contribution in [1.82, 2.24) is 4.90 Å². The van der Waals surface area contributed by atoms with Crippen LogP contribution in [0.4, 0.5) is 0 Å². The van der Waals surface area contributed by atoms with Crippen molar-refractivity contribution in [3.63, 3.8) is 0 Å². The zero-order valence-electron chi connectivity index (χ0n) is 13.6. The summed E-state index contributed by atoms with van der Waals surface area (Å²) in [4.78, 5) is 15.3. The van der Waals surface area contributed by atoms with Gasteiger partial charge in [0.05, 0.1) is 4.91 Å². The molecule has 0 unspecified atom stereocenters. The molecule has 2 aliphatic rings. The monoisotopic (exact) mass is 359 g/mol. The number of nitrogens with zero attached hydrogens (tertiary/aromatic N) is 1. The summed E-state index contributed by atoms with van der Waals surface area (Å²) in [5.41, 5.74) is 0.977. The second kappa shape index (κ2) is 7.99. The highest BCUT2D eigenvalue weighted by Crippen LogP contribution is 2.37. The van der Waals surface area contributed by atoms with Crippen molar-refractivity contribution in [2.45, 2.75) is 38.1 Å². The Bertz CT molecular complexity index is 660. The Morgan fingerprint density at radius 1 is 1.25 bits per heavy atom. The van der Waals surface area contributed by atoms with Crippen LogP contribution in [-0.2, 0) is 4.79 Å². The van der Waals surface area contributed by atoms with Crippen LogP contribution < -0.4 is 4.74 Å². The van der Waals surface area contributed by atoms with E-state index in [4.69, 9.17) is 17.0 Å². The SMILES string of the molecule is C=CCOc1ccc(/C=C2\SC(=S)N(C3CCCCC3)C2=O)cc1. The zero-order chi connectivity index (χ0) is 16.9. The molecule has 2 fully saturated rings. The van der Waals surface area contributed by atoms with E-state index >= 15 is 0 Å². The third-order valence-electron chi connectivity index (χ3n) is 4.31. The summed E-state index contributed by atoms with van der Waals surface area (Å²) in [5.74, 6) is 0.852. The molecular formula is C19H21NO2S2. The molecule has 3 nitrogen and oxygen atoms in total. The number of carbonyl (C=O) groups excluding carboxylic acids is 1. The minimum Gasteiger partial charge on any atom is -0.490 e. The van der Waals surface area contributed by atoms with E-state index in [-0.39, 0.29) is 11.9 Å². The molecule has 0 aromatic heterocycles. The fourth-order valence-corrected chi connectivity index (χ4v) is 4.50. The van der Waals surface area contributed by atoms with Gasteiger partial charge >= 0.3 is 0 Å². The Morgan fingerprint density at radius 3 is 2.62 bits per heavy atom. The van der Waals surface area contributed by atoms with Gasteiger partial charge in [-0.15, -0.1) is 0 Å². The van der Waals surface area contributed by atoms with Crippen molar-refractivity contribution in [2.24, 2.45) is 0 Å². The molecule has 1 saturated carbocycles. The fraction of sp³-hybridized carbons (Fsp3) is 0.368. The minimum atomic E-state index is 0.0592. The molecule has 1 aromatic rings. The van der Waals surface area contributed by atoms with Crippen LogP contribution in [0.1, 0.15) is 37.7 Å². The van der Waals surface area contributed by atoms with Crippen LogP contribution >= 0.6 is 24.0 Å². The van der Waals surface area contributed by atoms with Gasteiger partial charge in [-0.1, -0.05) is 68.0 Å². The first kappa shape index (κ1) is 17.2. The van der Waals surface area contributed by atoms with Crippen LogP contribution in [0.3, 0.4) is 0 Å². The predicted molar refractivity (Wildman–Crippen MR) is 104 cm³/mol. The second-order valence-corrected chi connectivity index (χ2v) is 7.69. The molecule has 126 valence electrons. The molecular weight excluding hydrogens is 338 g/mol. The van der Waals surface area contributed by atoms with E-state index in [1.54, 1.807) is 6.08 Å². The van der Waals surface area contributed by atoms with E-state index in [2.05, 4.69) is 6.58 Å². The molecule has 0 N–H and O–H groups in total. The fourth-order valence-electron chi connectivity index (χ4n) is 3.10. The topological polar surface area (TPSA) is 29.5 Å². The molecule has 0 radical (unpaired) electrons. The maximum Gasteiger partial charge on any atom is 0.266 e. The summed E-state index contributed by atoms with van der Waals surface area (Å²) >= 11 is 6.87. The van der Waals surface area contributed by atoms with Gasteiger partial charge in [0.1, 0.15) is 16.7 Å². The Labute approximate surface area is 152 Å². The van der Waals surface area contributed by atoms with Crippen molar-refractivity contribution in [3.05, 3.63) is 47.4 Å². The van der Waals surface area contributed by atoms with Crippen LogP contribution in [-0.4, -0.2) is 27.8 Å². The van der Waals surface area contributed by atoms with E-state index in [1.165, 1.54) is 31.0 Å². The van der Waals surface area contributed by atoms with Gasteiger partial charge in [-0.05, 0) is 36.6 Å². The average molecular weight is 360 g/mol. The predicted octanol–water partition coefficient (Wildman–Crippen LogP) is 4.79. The molecule has 5 heteroatoms. The van der Waals surface area contributed by atoms with E-state index in [0.717, 1.165) is 24.2 Å². The van der Waals surface area contributed by atoms with Crippen molar-refractivity contribution < 1.29 is 9.53 Å². The zero-order valence-corrected chi connectivity index (χ0v) is 15.2. The Hall–Kier alpha value is -1.59. The molecule has 1 aliphatic carbocycles. The maximum absolute atomic E-state index is 12.7. The number of thioether (sulfide) groups is 1. The number of thiocarbonyl (C=S) groups is 1. The number of ether oxygens (including phenoxy) is 1. The molecule has 1 saturated heterocycles. The van der Waals surface area contributed by atoms with Gasteiger partial charge in [-0.25, -0.2) is 0 Å². The highest BCUT2D eigenvalue weighted by molar-refractivity contribution is 8.26. The van der Waals surface area contributed by atoms with Crippen LogP contribution in [0.5, 0.6) is 5.75 Å². The summed E-state index contributed by atoms with van der Waals surface area (Å²) in [5, 5.41) is 0. The van der Waals surface area contributed by atoms with Gasteiger partial charge in [-0.3, -0.25) is 9.69 Å². The normalized spacial score (nSPS) is 20.7. The lowest BCUT2D eigenvalue weighted by Gasteiger charge is -2.29. The smallest absolute Gasteiger partial charge is 0.266 e. The number of rotatable bonds is 5. The molecule has 1 amide bonds. The minimum absolute atomic E-state index is 0.0592. The van der Waals surface area contributed by atoms with Gasteiger partial charge in [0.15, 0.2) is 0 Å². The van der Waals surface area contributed by atoms with Gasteiger partial charge in [-0.2, -0.15) is 0 Å². The summed E-state index contributed by atoms with van der Waals surface area (Å²) in [6, 6.07) is 7.98. The number of hydrogen-bond acceptors (Lipinski definition) is 4. The summed E-state index contributed by atoms with van der Waals surface area (Å²) < 4.78 is 6.17. The van der Waals surface area contributed by atoms with E-state index < -0.39 is 0 Å². The first-order valence-corrected chi connectivity index (χ1v) is 9.52. The van der Waals surface area contributed by atoms with Crippen LogP contribution in [0.2, 0.25) is 0 Å². The van der Waals surface area contributed by atoms with Crippen LogP contribution in [0, 0.1) is 0 Å². The number of benzene rings is 1. The van der Waals surface area contributed by atoms with E-state index in [0.29, 0.717) is 15.8 Å². The molecule has 1 aromatic carbocycles. The van der Waals surface area contributed by atoms with Crippen molar-refractivity contribution >= 4 is 40.3 Å². The lowest BCUT2D eigenvalue weighted by molar-refractivity contribution is -0.124. The van der Waals surface area contributed by atoms with Gasteiger partial charge < -0.3 is 4.74 Å². The molecule has 0 bridgehead atoms. The van der Waals surface area contributed by atoms with E-state index in [1.807, 2.05) is 35.2 Å². The molecule has 0 spiro atoms. The van der Waals surface area contributed by atoms with Gasteiger partial charge in [0.2, 0.25) is 0 Å². The number of amides is 1. The van der Waals surface area contributed by atoms with Crippen LogP contribution in [0.15, 0.2) is 41.8 Å². The molecule has 1 heterocycles. The highest BCUT2D eigenvalue weighted by Gasteiger charge is 2.37. The Morgan fingerprint density at radius 2 is 1.96 bits per heavy atom. The summed E-state index contributed by atoms with van der Waals surface area (Å²) in [6.07, 6.45) is 9.40. The van der Waals surface area contributed by atoms with Crippen molar-refractivity contribution in [3.8, 4) is 5.75 Å². The number of hydrogen-bond donors (Lipinski definition) is 0. The second-order valence-electron chi connectivity index (χ2n) is 6.01. The van der Waals surface area contributed by atoms with Crippen molar-refractivity contribution in [1.29, 1.82) is 0 Å². The van der Waals surface area contributed by atoms with E-state index in [9.17, 15) is 4.79 Å². The average Bonchev–Trinajstić information content (AvgIpc) is 2.88. The van der Waals surface area contributed by atoms with Gasteiger partial charge in [0.25, 0.3) is 5.91 Å². The number of carbonyl (C=O) groups is 1. The Kier molecular flexibility index (Phi) is 5.74. The maximum atomic E-state index is 12.7. The quantitative estimate of drug-likeness (QED) is 0.430. The largest absolute Gasteiger partial charge is 0.490 e. The lowest BCUT2D eigenvalue weighted by Crippen LogP contribution is -2.39. The Balaban J connectivity index is 1.72. The summed E-state index contributed by atoms with van der Waals surface area (Å²) in [7, 11) is 0. The first-order valence-electron chi connectivity index (χ1n) is 8.30. The third kappa shape index (κ3) is 3.90. The molecule has 24 heavy (non-hydrogen) atoms. The van der Waals surface area contributed by atoms with Gasteiger partial charge in [0, 0.05) is 6.04 Å². The molecule has 0 atom stereocenters. The third-order valence-corrected chi connectivity index (χ3v) is 5.64. The highest BCUT2D eigenvalue weighted by atomic mass is 32.2. The van der Waals surface area contributed by atoms with Crippen molar-refractivity contribution in [2.75, 3.05) is 6.61 Å².